The third kappa shape index (κ3) is 4.10. The van der Waals surface area contributed by atoms with E-state index >= 15 is 0 Å². The largest absolute Gasteiger partial charge is 0.435 e. The topological polar surface area (TPSA) is 79.2 Å². The Hall–Kier alpha value is -2.50. The van der Waals surface area contributed by atoms with Gasteiger partial charge in [0.05, 0.1) is 5.56 Å². The lowest BCUT2D eigenvalue weighted by atomic mass is 9.88. The number of sulfonamides is 1. The van der Waals surface area contributed by atoms with Crippen LogP contribution in [-0.2, 0) is 16.4 Å². The van der Waals surface area contributed by atoms with Crippen LogP contribution >= 0.6 is 0 Å². The minimum Gasteiger partial charge on any atom is -0.435 e. The predicted octanol–water partition coefficient (Wildman–Crippen LogP) is 3.82. The monoisotopic (exact) mass is 392 g/mol. The van der Waals surface area contributed by atoms with E-state index in [-0.39, 0.29) is 16.2 Å². The molecule has 27 heavy (non-hydrogen) atoms. The molecule has 0 aliphatic heterocycles. The zero-order valence-corrected chi connectivity index (χ0v) is 15.4. The highest BCUT2D eigenvalue weighted by Crippen LogP contribution is 2.34. The number of hydrogen-bond donors (Lipinski definition) is 1. The van der Waals surface area contributed by atoms with Crippen LogP contribution in [0.1, 0.15) is 41.1 Å². The molecule has 1 aliphatic rings. The van der Waals surface area contributed by atoms with Gasteiger partial charge in [-0.25, -0.2) is 13.1 Å². The zero-order chi connectivity index (χ0) is 19.6. The summed E-state index contributed by atoms with van der Waals surface area (Å²) in [5.74, 6) is 0.0534. The van der Waals surface area contributed by atoms with Crippen molar-refractivity contribution in [3.05, 3.63) is 58.7 Å². The molecule has 0 saturated carbocycles. The van der Waals surface area contributed by atoms with Crippen LogP contribution in [-0.4, -0.2) is 15.0 Å². The minimum absolute atomic E-state index is 0.0534. The average Bonchev–Trinajstić information content (AvgIpc) is 2.60. The molecule has 2 aromatic carbocycles. The van der Waals surface area contributed by atoms with E-state index in [1.165, 1.54) is 18.2 Å². The molecule has 2 aromatic rings. The maximum Gasteiger partial charge on any atom is 0.387 e. The van der Waals surface area contributed by atoms with Crippen LogP contribution < -0.4 is 9.46 Å². The minimum atomic E-state index is -3.92. The van der Waals surface area contributed by atoms with Crippen molar-refractivity contribution in [2.45, 2.75) is 43.7 Å². The first-order valence-electron chi connectivity index (χ1n) is 8.41. The van der Waals surface area contributed by atoms with Crippen molar-refractivity contribution in [2.75, 3.05) is 0 Å². The van der Waals surface area contributed by atoms with Gasteiger partial charge in [-0.1, -0.05) is 18.2 Å². The van der Waals surface area contributed by atoms with E-state index < -0.39 is 22.7 Å². The van der Waals surface area contributed by atoms with Crippen LogP contribution in [0.25, 0.3) is 0 Å². The molecule has 1 aliphatic carbocycles. The molecule has 0 spiro atoms. The quantitative estimate of drug-likeness (QED) is 0.839. The molecule has 0 fully saturated rings. The van der Waals surface area contributed by atoms with Gasteiger partial charge in [0.2, 0.25) is 10.0 Å². The van der Waals surface area contributed by atoms with Crippen molar-refractivity contribution >= 4 is 10.0 Å². The predicted molar refractivity (Wildman–Crippen MR) is 95.0 cm³/mol. The number of nitrogens with zero attached hydrogens (tertiary/aromatic N) is 1. The number of alkyl halides is 2. The molecule has 0 amide bonds. The van der Waals surface area contributed by atoms with Crippen molar-refractivity contribution in [1.29, 1.82) is 5.26 Å². The summed E-state index contributed by atoms with van der Waals surface area (Å²) in [4.78, 5) is -0.0604. The Morgan fingerprint density at radius 2 is 2.07 bits per heavy atom. The number of nitriles is 1. The van der Waals surface area contributed by atoms with Gasteiger partial charge in [0.25, 0.3) is 0 Å². The Balaban J connectivity index is 1.92. The van der Waals surface area contributed by atoms with Gasteiger partial charge in [-0.3, -0.25) is 0 Å². The second-order valence-corrected chi connectivity index (χ2v) is 8.05. The van der Waals surface area contributed by atoms with E-state index in [0.717, 1.165) is 11.1 Å². The summed E-state index contributed by atoms with van der Waals surface area (Å²) < 4.78 is 57.6. The summed E-state index contributed by atoms with van der Waals surface area (Å²) in [7, 11) is -3.92. The summed E-state index contributed by atoms with van der Waals surface area (Å²) in [5.41, 5.74) is 2.20. The first-order chi connectivity index (χ1) is 12.8. The van der Waals surface area contributed by atoms with E-state index in [2.05, 4.69) is 9.46 Å². The highest BCUT2D eigenvalue weighted by atomic mass is 32.2. The maximum absolute atomic E-state index is 12.9. The van der Waals surface area contributed by atoms with Gasteiger partial charge in [0.15, 0.2) is 0 Å². The molecule has 3 rings (SSSR count). The molecule has 0 radical (unpaired) electrons. The molecule has 5 nitrogen and oxygen atoms in total. The molecule has 0 heterocycles. The van der Waals surface area contributed by atoms with E-state index in [1.807, 2.05) is 6.07 Å². The maximum atomic E-state index is 12.9. The van der Waals surface area contributed by atoms with Crippen molar-refractivity contribution in [3.8, 4) is 11.8 Å². The summed E-state index contributed by atoms with van der Waals surface area (Å²) in [6, 6.07) is 10.7. The van der Waals surface area contributed by atoms with Crippen molar-refractivity contribution in [2.24, 2.45) is 0 Å². The molecule has 1 atom stereocenters. The van der Waals surface area contributed by atoms with Gasteiger partial charge < -0.3 is 4.74 Å². The molecule has 0 bridgehead atoms. The van der Waals surface area contributed by atoms with E-state index in [4.69, 9.17) is 0 Å². The average molecular weight is 392 g/mol. The standard InChI is InChI=1S/C19H18F2N2O3S/c1-12-4-2-7-18(16(12)11-22)27(24,25)23-17-6-3-5-13-10-14(26-19(20)21)8-9-15(13)17/h2,4,7-10,17,19,23H,3,5-6H2,1H3. The summed E-state index contributed by atoms with van der Waals surface area (Å²) in [6.07, 6.45) is 1.94. The molecule has 0 saturated heterocycles. The fourth-order valence-corrected chi connectivity index (χ4v) is 4.83. The zero-order valence-electron chi connectivity index (χ0n) is 14.6. The molecule has 0 aromatic heterocycles. The number of benzene rings is 2. The van der Waals surface area contributed by atoms with Crippen molar-refractivity contribution in [1.82, 2.24) is 4.72 Å². The van der Waals surface area contributed by atoms with E-state index in [0.29, 0.717) is 24.8 Å². The van der Waals surface area contributed by atoms with Gasteiger partial charge in [-0.15, -0.1) is 0 Å². The van der Waals surface area contributed by atoms with Crippen molar-refractivity contribution in [3.63, 3.8) is 0 Å². The van der Waals surface area contributed by atoms with Gasteiger partial charge in [0, 0.05) is 6.04 Å². The first kappa shape index (κ1) is 19.3. The van der Waals surface area contributed by atoms with Crippen LogP contribution in [0.5, 0.6) is 5.75 Å². The third-order valence-corrected chi connectivity index (χ3v) is 6.10. The van der Waals surface area contributed by atoms with Gasteiger partial charge >= 0.3 is 6.61 Å². The SMILES string of the molecule is Cc1cccc(S(=O)(=O)NC2CCCc3cc(OC(F)F)ccc32)c1C#N. The lowest BCUT2D eigenvalue weighted by molar-refractivity contribution is -0.0499. The Kier molecular flexibility index (Phi) is 5.44. The van der Waals surface area contributed by atoms with Crippen LogP contribution in [0.2, 0.25) is 0 Å². The Morgan fingerprint density at radius 1 is 1.30 bits per heavy atom. The summed E-state index contributed by atoms with van der Waals surface area (Å²) in [5, 5.41) is 9.31. The highest BCUT2D eigenvalue weighted by molar-refractivity contribution is 7.89. The molecule has 1 N–H and O–H groups in total. The number of hydrogen-bond acceptors (Lipinski definition) is 4. The number of rotatable bonds is 5. The summed E-state index contributed by atoms with van der Waals surface area (Å²) >= 11 is 0. The van der Waals surface area contributed by atoms with E-state index in [9.17, 15) is 22.5 Å². The number of halogens is 2. The van der Waals surface area contributed by atoms with Crippen LogP contribution in [0, 0.1) is 18.3 Å². The number of ether oxygens (including phenoxy) is 1. The molecular weight excluding hydrogens is 374 g/mol. The fraction of sp³-hybridized carbons (Fsp3) is 0.316. The van der Waals surface area contributed by atoms with Crippen LogP contribution in [0.4, 0.5) is 8.78 Å². The van der Waals surface area contributed by atoms with Gasteiger partial charge in [-0.05, 0) is 61.1 Å². The lowest BCUT2D eigenvalue weighted by Gasteiger charge is -2.27. The van der Waals surface area contributed by atoms with E-state index in [1.54, 1.807) is 25.1 Å². The Bertz CT molecular complexity index is 1000. The normalized spacial score (nSPS) is 16.6. The number of fused-ring (bicyclic) bond motifs is 1. The number of aryl methyl sites for hydroxylation is 2. The second kappa shape index (κ2) is 7.62. The molecule has 1 unspecified atom stereocenters. The van der Waals surface area contributed by atoms with Gasteiger partial charge in [-0.2, -0.15) is 14.0 Å². The Morgan fingerprint density at radius 3 is 2.78 bits per heavy atom. The fourth-order valence-electron chi connectivity index (χ4n) is 3.35. The Labute approximate surface area is 156 Å². The van der Waals surface area contributed by atoms with Crippen LogP contribution in [0.3, 0.4) is 0 Å². The highest BCUT2D eigenvalue weighted by Gasteiger charge is 2.28. The smallest absolute Gasteiger partial charge is 0.387 e. The van der Waals surface area contributed by atoms with Crippen LogP contribution in [0.15, 0.2) is 41.3 Å². The molecular formula is C19H18F2N2O3S. The molecule has 8 heteroatoms. The lowest BCUT2D eigenvalue weighted by Crippen LogP contribution is -2.31. The van der Waals surface area contributed by atoms with Crippen molar-refractivity contribution < 1.29 is 21.9 Å². The number of nitrogens with one attached hydrogen (secondary N) is 1. The van der Waals surface area contributed by atoms with Gasteiger partial charge in [0.1, 0.15) is 16.7 Å². The summed E-state index contributed by atoms with van der Waals surface area (Å²) in [6.45, 7) is -1.23. The second-order valence-electron chi connectivity index (χ2n) is 6.37. The molecule has 142 valence electrons. The first-order valence-corrected chi connectivity index (χ1v) is 9.90. The third-order valence-electron chi connectivity index (χ3n) is 4.59.